The number of fused-ring (bicyclic) bond motifs is 1. The predicted molar refractivity (Wildman–Crippen MR) is 80.0 cm³/mol. The van der Waals surface area contributed by atoms with Gasteiger partial charge in [-0.25, -0.2) is 0 Å². The standard InChI is InChI=1S/C15H14Cl2N2/c16-12-7-6-11(9-13(12)17)19-14-5-1-3-10-4-2-8-18-15(10)14/h2,4,6-9,14,19H,1,3,5H2. The molecule has 1 N–H and O–H groups in total. The van der Waals surface area contributed by atoms with Crippen molar-refractivity contribution in [2.45, 2.75) is 25.3 Å². The molecule has 1 aliphatic carbocycles. The van der Waals surface area contributed by atoms with Crippen LogP contribution in [0.1, 0.15) is 30.1 Å². The van der Waals surface area contributed by atoms with E-state index in [2.05, 4.69) is 16.4 Å². The normalized spacial score (nSPS) is 17.9. The van der Waals surface area contributed by atoms with Crippen LogP contribution in [0.4, 0.5) is 5.69 Å². The first-order valence-corrected chi connectivity index (χ1v) is 7.15. The number of rotatable bonds is 2. The molecule has 2 aromatic rings. The van der Waals surface area contributed by atoms with E-state index in [4.69, 9.17) is 23.2 Å². The molecule has 0 spiro atoms. The predicted octanol–water partition coefficient (Wildman–Crippen LogP) is 4.88. The largest absolute Gasteiger partial charge is 0.377 e. The Balaban J connectivity index is 1.86. The van der Waals surface area contributed by atoms with Crippen molar-refractivity contribution in [2.75, 3.05) is 5.32 Å². The molecule has 0 amide bonds. The van der Waals surface area contributed by atoms with Gasteiger partial charge in [-0.3, -0.25) is 4.98 Å². The molecule has 4 heteroatoms. The van der Waals surface area contributed by atoms with Crippen molar-refractivity contribution in [1.82, 2.24) is 4.98 Å². The van der Waals surface area contributed by atoms with Gasteiger partial charge in [-0.1, -0.05) is 29.3 Å². The molecule has 3 rings (SSSR count). The Labute approximate surface area is 122 Å². The zero-order valence-electron chi connectivity index (χ0n) is 10.4. The fourth-order valence-electron chi connectivity index (χ4n) is 2.54. The molecule has 0 saturated carbocycles. The highest BCUT2D eigenvalue weighted by atomic mass is 35.5. The average Bonchev–Trinajstić information content (AvgIpc) is 2.43. The highest BCUT2D eigenvalue weighted by molar-refractivity contribution is 6.42. The highest BCUT2D eigenvalue weighted by Crippen LogP contribution is 2.32. The monoisotopic (exact) mass is 292 g/mol. The maximum atomic E-state index is 6.04. The van der Waals surface area contributed by atoms with Gasteiger partial charge in [-0.05, 0) is 49.1 Å². The molecule has 1 aromatic carbocycles. The molecule has 1 unspecified atom stereocenters. The number of anilines is 1. The van der Waals surface area contributed by atoms with E-state index in [0.29, 0.717) is 10.0 Å². The number of halogens is 2. The number of aromatic nitrogens is 1. The molecule has 2 nitrogen and oxygen atoms in total. The Bertz CT molecular complexity index is 598. The minimum Gasteiger partial charge on any atom is -0.377 e. The molecule has 19 heavy (non-hydrogen) atoms. The number of hydrogen-bond acceptors (Lipinski definition) is 2. The van der Waals surface area contributed by atoms with E-state index in [-0.39, 0.29) is 6.04 Å². The third-order valence-electron chi connectivity index (χ3n) is 3.46. The number of aryl methyl sites for hydroxylation is 1. The quantitative estimate of drug-likeness (QED) is 0.853. The fraction of sp³-hybridized carbons (Fsp3) is 0.267. The highest BCUT2D eigenvalue weighted by Gasteiger charge is 2.21. The molecule has 0 bridgehead atoms. The average molecular weight is 293 g/mol. The minimum absolute atomic E-state index is 0.252. The number of hydrogen-bond donors (Lipinski definition) is 1. The lowest BCUT2D eigenvalue weighted by Gasteiger charge is -2.26. The molecular formula is C15H14Cl2N2. The van der Waals surface area contributed by atoms with Crippen LogP contribution in [0, 0.1) is 0 Å². The Morgan fingerprint density at radius 2 is 2.05 bits per heavy atom. The maximum absolute atomic E-state index is 6.04. The van der Waals surface area contributed by atoms with Crippen molar-refractivity contribution in [3.8, 4) is 0 Å². The zero-order valence-corrected chi connectivity index (χ0v) is 11.9. The van der Waals surface area contributed by atoms with Crippen LogP contribution in [0.25, 0.3) is 0 Å². The van der Waals surface area contributed by atoms with Crippen LogP contribution in [0.3, 0.4) is 0 Å². The molecule has 1 aromatic heterocycles. The van der Waals surface area contributed by atoms with Gasteiger partial charge in [0.1, 0.15) is 0 Å². The van der Waals surface area contributed by atoms with Gasteiger partial charge in [0.25, 0.3) is 0 Å². The lowest BCUT2D eigenvalue weighted by atomic mass is 9.92. The number of nitrogens with one attached hydrogen (secondary N) is 1. The third-order valence-corrected chi connectivity index (χ3v) is 4.19. The van der Waals surface area contributed by atoms with Crippen LogP contribution in [0.15, 0.2) is 36.5 Å². The van der Waals surface area contributed by atoms with E-state index in [9.17, 15) is 0 Å². The summed E-state index contributed by atoms with van der Waals surface area (Å²) in [6.07, 6.45) is 5.23. The molecule has 1 aliphatic rings. The lowest BCUT2D eigenvalue weighted by Crippen LogP contribution is -2.18. The van der Waals surface area contributed by atoms with Gasteiger partial charge in [-0.2, -0.15) is 0 Å². The summed E-state index contributed by atoms with van der Waals surface area (Å²) in [6, 6.07) is 10.0. The SMILES string of the molecule is Clc1ccc(NC2CCCc3cccnc32)cc1Cl. The fourth-order valence-corrected chi connectivity index (χ4v) is 2.84. The van der Waals surface area contributed by atoms with Crippen LogP contribution in [0.2, 0.25) is 10.0 Å². The van der Waals surface area contributed by atoms with Gasteiger partial charge in [-0.15, -0.1) is 0 Å². The number of benzene rings is 1. The van der Waals surface area contributed by atoms with Crippen molar-refractivity contribution in [3.05, 3.63) is 57.8 Å². The number of nitrogens with zero attached hydrogens (tertiary/aromatic N) is 1. The van der Waals surface area contributed by atoms with Gasteiger partial charge < -0.3 is 5.32 Å². The van der Waals surface area contributed by atoms with E-state index < -0.39 is 0 Å². The summed E-state index contributed by atoms with van der Waals surface area (Å²) < 4.78 is 0. The molecule has 0 radical (unpaired) electrons. The van der Waals surface area contributed by atoms with E-state index in [1.165, 1.54) is 12.0 Å². The van der Waals surface area contributed by atoms with Crippen LogP contribution in [0.5, 0.6) is 0 Å². The van der Waals surface area contributed by atoms with Crippen molar-refractivity contribution in [3.63, 3.8) is 0 Å². The Hall–Kier alpha value is -1.25. The Kier molecular flexibility index (Phi) is 3.63. The van der Waals surface area contributed by atoms with Crippen LogP contribution < -0.4 is 5.32 Å². The van der Waals surface area contributed by atoms with Gasteiger partial charge in [0, 0.05) is 11.9 Å². The van der Waals surface area contributed by atoms with Crippen LogP contribution in [-0.4, -0.2) is 4.98 Å². The Morgan fingerprint density at radius 3 is 2.89 bits per heavy atom. The van der Waals surface area contributed by atoms with Crippen LogP contribution >= 0.6 is 23.2 Å². The minimum atomic E-state index is 0.252. The van der Waals surface area contributed by atoms with Gasteiger partial charge in [0.05, 0.1) is 21.8 Å². The van der Waals surface area contributed by atoms with Crippen LogP contribution in [-0.2, 0) is 6.42 Å². The Morgan fingerprint density at radius 1 is 1.16 bits per heavy atom. The molecule has 98 valence electrons. The van der Waals surface area contributed by atoms with E-state index in [1.54, 1.807) is 0 Å². The summed E-state index contributed by atoms with van der Waals surface area (Å²) >= 11 is 12.0. The number of pyridine rings is 1. The summed E-state index contributed by atoms with van der Waals surface area (Å²) in [6.45, 7) is 0. The lowest BCUT2D eigenvalue weighted by molar-refractivity contribution is 0.583. The second-order valence-corrected chi connectivity index (χ2v) is 5.58. The first kappa shape index (κ1) is 12.8. The second-order valence-electron chi connectivity index (χ2n) is 4.77. The molecule has 0 saturated heterocycles. The van der Waals surface area contributed by atoms with Crippen molar-refractivity contribution in [1.29, 1.82) is 0 Å². The molecule has 0 fully saturated rings. The van der Waals surface area contributed by atoms with Gasteiger partial charge >= 0.3 is 0 Å². The van der Waals surface area contributed by atoms with Crippen molar-refractivity contribution in [2.24, 2.45) is 0 Å². The van der Waals surface area contributed by atoms with Gasteiger partial charge in [0.2, 0.25) is 0 Å². The summed E-state index contributed by atoms with van der Waals surface area (Å²) in [5.74, 6) is 0. The summed E-state index contributed by atoms with van der Waals surface area (Å²) in [5, 5.41) is 4.65. The van der Waals surface area contributed by atoms with Crippen molar-refractivity contribution < 1.29 is 0 Å². The summed E-state index contributed by atoms with van der Waals surface area (Å²) in [7, 11) is 0. The van der Waals surface area contributed by atoms with E-state index in [1.807, 2.05) is 30.5 Å². The first-order valence-electron chi connectivity index (χ1n) is 6.39. The van der Waals surface area contributed by atoms with E-state index in [0.717, 1.165) is 24.2 Å². The maximum Gasteiger partial charge on any atom is 0.0688 e. The molecule has 0 aliphatic heterocycles. The van der Waals surface area contributed by atoms with Gasteiger partial charge in [0.15, 0.2) is 0 Å². The van der Waals surface area contributed by atoms with E-state index >= 15 is 0 Å². The topological polar surface area (TPSA) is 24.9 Å². The summed E-state index contributed by atoms with van der Waals surface area (Å²) in [4.78, 5) is 4.52. The molecule has 1 atom stereocenters. The molecule has 1 heterocycles. The smallest absolute Gasteiger partial charge is 0.0688 e. The van der Waals surface area contributed by atoms with Crippen molar-refractivity contribution >= 4 is 28.9 Å². The second kappa shape index (κ2) is 5.40. The zero-order chi connectivity index (χ0) is 13.2. The summed E-state index contributed by atoms with van der Waals surface area (Å²) in [5.41, 5.74) is 3.48. The molecular weight excluding hydrogens is 279 g/mol. The third kappa shape index (κ3) is 2.70. The first-order chi connectivity index (χ1) is 9.24.